The Hall–Kier alpha value is -1.82. The summed E-state index contributed by atoms with van der Waals surface area (Å²) in [6.07, 6.45) is 5.49. The molecule has 1 rings (SSSR count). The van der Waals surface area contributed by atoms with Gasteiger partial charge in [0.25, 0.3) is 0 Å². The third-order valence-corrected chi connectivity index (χ3v) is 5.12. The molecule has 0 radical (unpaired) electrons. The van der Waals surface area contributed by atoms with Gasteiger partial charge in [-0.2, -0.15) is 9.57 Å². The van der Waals surface area contributed by atoms with E-state index in [1.54, 1.807) is 6.92 Å². The largest absolute Gasteiger partial charge is 0.231 e. The zero-order chi connectivity index (χ0) is 15.2. The molecule has 5 heteroatoms. The number of nitrogens with zero attached hydrogens (tertiary/aromatic N) is 2. The zero-order valence-corrected chi connectivity index (χ0v) is 12.5. The molecule has 0 saturated heterocycles. The lowest BCUT2D eigenvalue weighted by Gasteiger charge is -2.22. The van der Waals surface area contributed by atoms with Gasteiger partial charge in [0.15, 0.2) is 5.25 Å². The molecule has 0 amide bonds. The van der Waals surface area contributed by atoms with Gasteiger partial charge in [-0.25, -0.2) is 8.42 Å². The molecule has 0 aliphatic rings. The fraction of sp³-hybridized carbons (Fsp3) is 0.400. The number of rotatable bonds is 6. The Labute approximate surface area is 121 Å². The van der Waals surface area contributed by atoms with Crippen LogP contribution in [0, 0.1) is 30.6 Å². The van der Waals surface area contributed by atoms with Crippen molar-refractivity contribution in [1.29, 1.82) is 5.26 Å². The Morgan fingerprint density at radius 3 is 2.40 bits per heavy atom. The summed E-state index contributed by atoms with van der Waals surface area (Å²) in [5, 5.41) is 7.92. The van der Waals surface area contributed by atoms with E-state index in [0.29, 0.717) is 0 Å². The lowest BCUT2D eigenvalue weighted by molar-refractivity contribution is 0.437. The van der Waals surface area contributed by atoms with Gasteiger partial charge in [-0.15, -0.1) is 6.42 Å². The molecule has 1 unspecified atom stereocenters. The second kappa shape index (κ2) is 7.09. The summed E-state index contributed by atoms with van der Waals surface area (Å²) in [6, 6.07) is 9.38. The van der Waals surface area contributed by atoms with Crippen LogP contribution < -0.4 is 0 Å². The van der Waals surface area contributed by atoms with Crippen molar-refractivity contribution in [1.82, 2.24) is 4.31 Å². The summed E-state index contributed by atoms with van der Waals surface area (Å²) in [5.41, 5.74) is 1.95. The van der Waals surface area contributed by atoms with Crippen molar-refractivity contribution in [2.24, 2.45) is 0 Å². The van der Waals surface area contributed by atoms with E-state index in [1.807, 2.05) is 37.3 Å². The van der Waals surface area contributed by atoms with E-state index < -0.39 is 15.3 Å². The van der Waals surface area contributed by atoms with Crippen LogP contribution in [0.3, 0.4) is 0 Å². The molecule has 0 aliphatic carbocycles. The van der Waals surface area contributed by atoms with Crippen molar-refractivity contribution in [3.8, 4) is 18.4 Å². The molecule has 0 N–H and O–H groups in total. The summed E-state index contributed by atoms with van der Waals surface area (Å²) >= 11 is 0. The summed E-state index contributed by atoms with van der Waals surface area (Å²) in [6.45, 7) is 3.78. The lowest BCUT2D eigenvalue weighted by atomic mass is 10.1. The van der Waals surface area contributed by atoms with Gasteiger partial charge in [0.2, 0.25) is 10.0 Å². The van der Waals surface area contributed by atoms with Gasteiger partial charge in [-0.3, -0.25) is 0 Å². The van der Waals surface area contributed by atoms with Crippen LogP contribution in [0.15, 0.2) is 24.3 Å². The maximum absolute atomic E-state index is 12.4. The fourth-order valence-corrected chi connectivity index (χ4v) is 3.28. The Kier molecular flexibility index (Phi) is 5.76. The predicted octanol–water partition coefficient (Wildman–Crippen LogP) is 2.06. The molecule has 0 bridgehead atoms. The second-order valence-electron chi connectivity index (χ2n) is 4.53. The number of hydrogen-bond acceptors (Lipinski definition) is 3. The number of benzene rings is 1. The second-order valence-corrected chi connectivity index (χ2v) is 6.64. The number of sulfonamides is 1. The Balaban J connectivity index is 3.04. The first-order chi connectivity index (χ1) is 9.45. The van der Waals surface area contributed by atoms with Crippen LogP contribution in [0.5, 0.6) is 0 Å². The van der Waals surface area contributed by atoms with Crippen LogP contribution in [-0.2, 0) is 16.6 Å². The van der Waals surface area contributed by atoms with Crippen molar-refractivity contribution in [3.05, 3.63) is 35.4 Å². The molecule has 1 aromatic rings. The smallest absolute Gasteiger partial charge is 0.211 e. The van der Waals surface area contributed by atoms with E-state index in [1.165, 1.54) is 4.31 Å². The van der Waals surface area contributed by atoms with Crippen molar-refractivity contribution in [3.63, 3.8) is 0 Å². The quantitative estimate of drug-likeness (QED) is 0.753. The molecule has 0 fully saturated rings. The van der Waals surface area contributed by atoms with Crippen LogP contribution in [0.25, 0.3) is 0 Å². The van der Waals surface area contributed by atoms with Crippen molar-refractivity contribution < 1.29 is 8.42 Å². The molecule has 0 spiro atoms. The monoisotopic (exact) mass is 290 g/mol. The summed E-state index contributed by atoms with van der Waals surface area (Å²) in [5.74, 6) is 2.35. The summed E-state index contributed by atoms with van der Waals surface area (Å²) in [4.78, 5) is 0. The van der Waals surface area contributed by atoms with Crippen molar-refractivity contribution in [2.45, 2.75) is 32.1 Å². The normalized spacial score (nSPS) is 12.7. The molecule has 4 nitrogen and oxygen atoms in total. The number of nitriles is 1. The van der Waals surface area contributed by atoms with Gasteiger partial charge in [0.05, 0.1) is 12.6 Å². The SMILES string of the molecule is C#CCN(Cc1ccc(C)cc1)S(=O)(=O)C(C#N)CC. The molecule has 0 aromatic heterocycles. The Bertz CT molecular complexity index is 621. The van der Waals surface area contributed by atoms with E-state index in [2.05, 4.69) is 5.92 Å². The minimum atomic E-state index is -3.70. The minimum absolute atomic E-state index is 0.0333. The lowest BCUT2D eigenvalue weighted by Crippen LogP contribution is -2.37. The maximum Gasteiger partial charge on any atom is 0.231 e. The van der Waals surface area contributed by atoms with E-state index in [0.717, 1.165) is 11.1 Å². The van der Waals surface area contributed by atoms with Gasteiger partial charge in [-0.05, 0) is 18.9 Å². The Morgan fingerprint density at radius 1 is 1.35 bits per heavy atom. The highest BCUT2D eigenvalue weighted by Gasteiger charge is 2.30. The van der Waals surface area contributed by atoms with Crippen LogP contribution in [-0.4, -0.2) is 24.5 Å². The molecule has 1 aromatic carbocycles. The van der Waals surface area contributed by atoms with Gasteiger partial charge < -0.3 is 0 Å². The molecule has 0 aliphatic heterocycles. The van der Waals surface area contributed by atoms with Gasteiger partial charge in [-0.1, -0.05) is 42.7 Å². The van der Waals surface area contributed by atoms with Crippen LogP contribution >= 0.6 is 0 Å². The molecular formula is C15H18N2O2S. The van der Waals surface area contributed by atoms with Crippen LogP contribution in [0.4, 0.5) is 0 Å². The van der Waals surface area contributed by atoms with Crippen LogP contribution in [0.2, 0.25) is 0 Å². The highest BCUT2D eigenvalue weighted by Crippen LogP contribution is 2.16. The summed E-state index contributed by atoms with van der Waals surface area (Å²) < 4.78 is 25.9. The number of aryl methyl sites for hydroxylation is 1. The first kappa shape index (κ1) is 16.2. The van der Waals surface area contributed by atoms with E-state index in [4.69, 9.17) is 11.7 Å². The molecule has 0 saturated carbocycles. The average molecular weight is 290 g/mol. The van der Waals surface area contributed by atoms with E-state index in [-0.39, 0.29) is 19.5 Å². The molecule has 0 heterocycles. The highest BCUT2D eigenvalue weighted by atomic mass is 32.2. The first-order valence-electron chi connectivity index (χ1n) is 6.33. The molecule has 20 heavy (non-hydrogen) atoms. The topological polar surface area (TPSA) is 61.2 Å². The first-order valence-corrected chi connectivity index (χ1v) is 7.83. The standard InChI is InChI=1S/C15H18N2O2S/c1-4-10-17(20(18,19)15(5-2)11-16)12-14-8-6-13(3)7-9-14/h1,6-9,15H,5,10,12H2,2-3H3. The van der Waals surface area contributed by atoms with Crippen molar-refractivity contribution in [2.75, 3.05) is 6.54 Å². The molecular weight excluding hydrogens is 272 g/mol. The summed E-state index contributed by atoms with van der Waals surface area (Å²) in [7, 11) is -3.70. The highest BCUT2D eigenvalue weighted by molar-refractivity contribution is 7.90. The number of terminal acetylenes is 1. The van der Waals surface area contributed by atoms with E-state index >= 15 is 0 Å². The van der Waals surface area contributed by atoms with Crippen molar-refractivity contribution >= 4 is 10.0 Å². The Morgan fingerprint density at radius 2 is 1.95 bits per heavy atom. The van der Waals surface area contributed by atoms with Gasteiger partial charge in [0.1, 0.15) is 0 Å². The van der Waals surface area contributed by atoms with Gasteiger partial charge >= 0.3 is 0 Å². The minimum Gasteiger partial charge on any atom is -0.211 e. The van der Waals surface area contributed by atoms with Gasteiger partial charge in [0, 0.05) is 6.54 Å². The molecule has 1 atom stereocenters. The average Bonchev–Trinajstić information content (AvgIpc) is 2.41. The van der Waals surface area contributed by atoms with E-state index in [9.17, 15) is 8.42 Å². The third-order valence-electron chi connectivity index (χ3n) is 2.98. The predicted molar refractivity (Wildman–Crippen MR) is 79.0 cm³/mol. The van der Waals surface area contributed by atoms with Crippen LogP contribution in [0.1, 0.15) is 24.5 Å². The molecule has 106 valence electrons. The third kappa shape index (κ3) is 3.84. The fourth-order valence-electron chi connectivity index (χ4n) is 1.78. The number of hydrogen-bond donors (Lipinski definition) is 0. The zero-order valence-electron chi connectivity index (χ0n) is 11.7. The maximum atomic E-state index is 12.4.